The fourth-order valence-corrected chi connectivity index (χ4v) is 3.12. The second kappa shape index (κ2) is 6.98. The average Bonchev–Trinajstić information content (AvgIpc) is 2.60. The van der Waals surface area contributed by atoms with Crippen molar-refractivity contribution in [3.8, 4) is 5.75 Å². The van der Waals surface area contributed by atoms with Crippen molar-refractivity contribution in [1.82, 2.24) is 5.32 Å². The number of amides is 1. The first kappa shape index (κ1) is 17.0. The first-order chi connectivity index (χ1) is 12.0. The molecule has 1 atom stereocenters. The van der Waals surface area contributed by atoms with Gasteiger partial charge in [0.15, 0.2) is 0 Å². The minimum Gasteiger partial charge on any atom is -0.507 e. The summed E-state index contributed by atoms with van der Waals surface area (Å²) in [7, 11) is 0. The van der Waals surface area contributed by atoms with E-state index in [0.717, 1.165) is 16.3 Å². The number of carbonyl (C=O) groups excluding carboxylic acids is 1. The number of phenols is 1. The van der Waals surface area contributed by atoms with Crippen molar-refractivity contribution in [2.45, 2.75) is 32.7 Å². The van der Waals surface area contributed by atoms with Crippen molar-refractivity contribution >= 4 is 16.7 Å². The second-order valence-corrected chi connectivity index (χ2v) is 6.68. The Morgan fingerprint density at radius 1 is 0.920 bits per heavy atom. The molecule has 0 saturated carbocycles. The number of hydrogen-bond donors (Lipinski definition) is 2. The molecule has 3 nitrogen and oxygen atoms in total. The molecule has 0 saturated heterocycles. The summed E-state index contributed by atoms with van der Waals surface area (Å²) in [6.45, 7) is 5.79. The minimum atomic E-state index is -0.386. The van der Waals surface area contributed by atoms with Crippen LogP contribution in [0.25, 0.3) is 10.8 Å². The van der Waals surface area contributed by atoms with Gasteiger partial charge in [-0.25, -0.2) is 0 Å². The zero-order valence-electron chi connectivity index (χ0n) is 14.8. The Kier molecular flexibility index (Phi) is 4.75. The number of rotatable bonds is 4. The molecule has 3 rings (SSSR count). The summed E-state index contributed by atoms with van der Waals surface area (Å²) < 4.78 is 0. The lowest BCUT2D eigenvalue weighted by molar-refractivity contribution is -0.119. The molecule has 0 unspecified atom stereocenters. The fourth-order valence-electron chi connectivity index (χ4n) is 3.12. The van der Waals surface area contributed by atoms with E-state index in [4.69, 9.17) is 0 Å². The zero-order chi connectivity index (χ0) is 18.0. The molecule has 3 aromatic rings. The van der Waals surface area contributed by atoms with Crippen molar-refractivity contribution < 1.29 is 9.90 Å². The molecular weight excluding hydrogens is 310 g/mol. The molecule has 0 aliphatic heterocycles. The van der Waals surface area contributed by atoms with Gasteiger partial charge in [0, 0.05) is 17.9 Å². The minimum absolute atomic E-state index is 0.134. The third-order valence-corrected chi connectivity index (χ3v) is 4.53. The maximum absolute atomic E-state index is 11.8. The second-order valence-electron chi connectivity index (χ2n) is 6.68. The molecular formula is C22H23NO2. The van der Waals surface area contributed by atoms with Crippen LogP contribution in [0.3, 0.4) is 0 Å². The molecule has 0 aliphatic rings. The molecule has 3 aromatic carbocycles. The molecule has 0 aromatic heterocycles. The molecule has 0 aliphatic carbocycles. The van der Waals surface area contributed by atoms with Crippen LogP contribution in [-0.2, 0) is 4.79 Å². The van der Waals surface area contributed by atoms with Crippen LogP contribution < -0.4 is 5.32 Å². The summed E-state index contributed by atoms with van der Waals surface area (Å²) in [4.78, 5) is 11.8. The van der Waals surface area contributed by atoms with Gasteiger partial charge >= 0.3 is 0 Å². The van der Waals surface area contributed by atoms with Crippen molar-refractivity contribution in [3.05, 3.63) is 77.4 Å². The molecule has 2 N–H and O–H groups in total. The van der Waals surface area contributed by atoms with Crippen molar-refractivity contribution in [2.24, 2.45) is 0 Å². The van der Waals surface area contributed by atoms with Crippen molar-refractivity contribution in [1.29, 1.82) is 0 Å². The lowest BCUT2D eigenvalue weighted by atomic mass is 9.93. The monoisotopic (exact) mass is 333 g/mol. The van der Waals surface area contributed by atoms with E-state index in [9.17, 15) is 9.90 Å². The van der Waals surface area contributed by atoms with E-state index in [1.807, 2.05) is 48.5 Å². The number of phenolic OH excluding ortho intramolecular Hbond substituents is 1. The van der Waals surface area contributed by atoms with Gasteiger partial charge in [-0.05, 0) is 22.4 Å². The van der Waals surface area contributed by atoms with E-state index in [2.05, 4.69) is 31.3 Å². The average molecular weight is 333 g/mol. The molecule has 3 heteroatoms. The predicted molar refractivity (Wildman–Crippen MR) is 102 cm³/mol. The molecule has 0 fully saturated rings. The number of fused-ring (bicyclic) bond motifs is 1. The number of nitrogens with one attached hydrogen (secondary N) is 1. The summed E-state index contributed by atoms with van der Waals surface area (Å²) >= 11 is 0. The number of benzene rings is 3. The summed E-state index contributed by atoms with van der Waals surface area (Å²) in [6.07, 6.45) is 0. The smallest absolute Gasteiger partial charge is 0.217 e. The number of aromatic hydroxyl groups is 1. The Bertz CT molecular complexity index is 898. The zero-order valence-corrected chi connectivity index (χ0v) is 14.8. The molecule has 0 bridgehead atoms. The lowest BCUT2D eigenvalue weighted by Crippen LogP contribution is -2.27. The molecule has 0 radical (unpaired) electrons. The maximum Gasteiger partial charge on any atom is 0.217 e. The highest BCUT2D eigenvalue weighted by molar-refractivity contribution is 5.89. The number of hydrogen-bond acceptors (Lipinski definition) is 2. The number of carbonyl (C=O) groups is 1. The van der Waals surface area contributed by atoms with E-state index in [1.165, 1.54) is 12.5 Å². The molecule has 128 valence electrons. The predicted octanol–water partition coefficient (Wildman–Crippen LogP) is 4.89. The largest absolute Gasteiger partial charge is 0.507 e. The van der Waals surface area contributed by atoms with Crippen LogP contribution in [0.5, 0.6) is 5.75 Å². The van der Waals surface area contributed by atoms with E-state index in [0.29, 0.717) is 11.5 Å². The van der Waals surface area contributed by atoms with E-state index in [1.54, 1.807) is 0 Å². The van der Waals surface area contributed by atoms with Crippen LogP contribution in [-0.4, -0.2) is 11.0 Å². The van der Waals surface area contributed by atoms with E-state index >= 15 is 0 Å². The van der Waals surface area contributed by atoms with Gasteiger partial charge in [0.25, 0.3) is 0 Å². The van der Waals surface area contributed by atoms with Crippen molar-refractivity contribution in [3.63, 3.8) is 0 Å². The lowest BCUT2D eigenvalue weighted by Gasteiger charge is -2.21. The SMILES string of the molecule is CC(=O)N[C@H](c1ccc(C(C)C)cc1)c1ccc2ccccc2c1O. The summed E-state index contributed by atoms with van der Waals surface area (Å²) in [5.74, 6) is 0.526. The first-order valence-electron chi connectivity index (χ1n) is 8.55. The van der Waals surface area contributed by atoms with Crippen LogP contribution in [0, 0.1) is 0 Å². The highest BCUT2D eigenvalue weighted by Crippen LogP contribution is 2.35. The van der Waals surface area contributed by atoms with Gasteiger partial charge in [0.1, 0.15) is 5.75 Å². The topological polar surface area (TPSA) is 49.3 Å². The molecule has 25 heavy (non-hydrogen) atoms. The maximum atomic E-state index is 11.8. The standard InChI is InChI=1S/C22H23NO2/c1-14(2)16-8-10-18(11-9-16)21(23-15(3)24)20-13-12-17-6-4-5-7-19(17)22(20)25/h4-14,21,25H,1-3H3,(H,23,24)/t21-/m1/s1. The first-order valence-corrected chi connectivity index (χ1v) is 8.55. The Labute approximate surface area is 148 Å². The summed E-state index contributed by atoms with van der Waals surface area (Å²) in [6, 6.07) is 19.4. The highest BCUT2D eigenvalue weighted by atomic mass is 16.3. The van der Waals surface area contributed by atoms with Gasteiger partial charge in [-0.2, -0.15) is 0 Å². The Morgan fingerprint density at radius 2 is 1.56 bits per heavy atom. The molecule has 1 amide bonds. The quantitative estimate of drug-likeness (QED) is 0.714. The van der Waals surface area contributed by atoms with Gasteiger partial charge < -0.3 is 10.4 Å². The van der Waals surface area contributed by atoms with E-state index in [-0.39, 0.29) is 17.7 Å². The van der Waals surface area contributed by atoms with Gasteiger partial charge in [-0.15, -0.1) is 0 Å². The summed E-state index contributed by atoms with van der Waals surface area (Å²) in [5, 5.41) is 15.5. The van der Waals surface area contributed by atoms with E-state index < -0.39 is 0 Å². The van der Waals surface area contributed by atoms with Crippen LogP contribution >= 0.6 is 0 Å². The van der Waals surface area contributed by atoms with Gasteiger partial charge in [-0.1, -0.05) is 74.5 Å². The Morgan fingerprint density at radius 3 is 2.20 bits per heavy atom. The van der Waals surface area contributed by atoms with Gasteiger partial charge in [0.05, 0.1) is 6.04 Å². The van der Waals surface area contributed by atoms with Crippen LogP contribution in [0.15, 0.2) is 60.7 Å². The molecule has 0 heterocycles. The van der Waals surface area contributed by atoms with Crippen LogP contribution in [0.4, 0.5) is 0 Å². The van der Waals surface area contributed by atoms with Gasteiger partial charge in [-0.3, -0.25) is 4.79 Å². The van der Waals surface area contributed by atoms with Crippen LogP contribution in [0.2, 0.25) is 0 Å². The molecule has 0 spiro atoms. The third kappa shape index (κ3) is 3.50. The Hall–Kier alpha value is -2.81. The third-order valence-electron chi connectivity index (χ3n) is 4.53. The fraction of sp³-hybridized carbons (Fsp3) is 0.227. The van der Waals surface area contributed by atoms with Crippen molar-refractivity contribution in [2.75, 3.05) is 0 Å². The normalized spacial score (nSPS) is 12.3. The highest BCUT2D eigenvalue weighted by Gasteiger charge is 2.20. The Balaban J connectivity index is 2.10. The summed E-state index contributed by atoms with van der Waals surface area (Å²) in [5.41, 5.74) is 2.89. The van der Waals surface area contributed by atoms with Crippen LogP contribution in [0.1, 0.15) is 49.4 Å². The van der Waals surface area contributed by atoms with Gasteiger partial charge in [0.2, 0.25) is 5.91 Å².